The molecule has 4 rings (SSSR count). The Morgan fingerprint density at radius 3 is 3.11 bits per heavy atom. The Kier molecular flexibility index (Phi) is 1.98. The number of benzene rings is 1. The zero-order chi connectivity index (χ0) is 12.3. The van der Waals surface area contributed by atoms with E-state index in [0.717, 1.165) is 34.1 Å². The molecule has 90 valence electrons. The van der Waals surface area contributed by atoms with E-state index < -0.39 is 0 Å². The third-order valence-electron chi connectivity index (χ3n) is 3.85. The summed E-state index contributed by atoms with van der Waals surface area (Å²) < 4.78 is 6.30. The van der Waals surface area contributed by atoms with Gasteiger partial charge >= 0.3 is 5.63 Å². The molecule has 0 spiro atoms. The Bertz CT molecular complexity index is 839. The molecule has 2 heterocycles. The van der Waals surface area contributed by atoms with Gasteiger partial charge in [0.05, 0.1) is 0 Å². The zero-order valence-electron chi connectivity index (χ0n) is 10.1. The van der Waals surface area contributed by atoms with E-state index in [1.54, 1.807) is 0 Å². The van der Waals surface area contributed by atoms with E-state index in [0.29, 0.717) is 0 Å². The summed E-state index contributed by atoms with van der Waals surface area (Å²) in [5.41, 5.74) is 4.49. The van der Waals surface area contributed by atoms with Crippen LogP contribution in [0.2, 0.25) is 0 Å². The molecule has 1 aliphatic carbocycles. The fraction of sp³-hybridized carbons (Fsp3) is 0.267. The highest BCUT2D eigenvalue weighted by molar-refractivity contribution is 7.17. The lowest BCUT2D eigenvalue weighted by molar-refractivity contribution is 0.568. The maximum absolute atomic E-state index is 11.9. The van der Waals surface area contributed by atoms with Gasteiger partial charge in [-0.15, -0.1) is 11.3 Å². The number of thiophene rings is 1. The molecule has 1 aliphatic rings. The van der Waals surface area contributed by atoms with Crippen LogP contribution in [0.1, 0.15) is 23.1 Å². The average Bonchev–Trinajstić information content (AvgIpc) is 2.97. The molecule has 0 saturated carbocycles. The SMILES string of the molecule is Cc1cc2c(c3c1oc(=O)c1sccc13)CCC2. The summed E-state index contributed by atoms with van der Waals surface area (Å²) in [6.45, 7) is 2.03. The molecule has 3 aromatic rings. The number of hydrogen-bond acceptors (Lipinski definition) is 3. The lowest BCUT2D eigenvalue weighted by Crippen LogP contribution is -2.00. The number of fused-ring (bicyclic) bond motifs is 5. The number of rotatable bonds is 0. The Labute approximate surface area is 108 Å². The van der Waals surface area contributed by atoms with Crippen molar-refractivity contribution in [2.45, 2.75) is 26.2 Å². The Balaban J connectivity index is 2.36. The first-order valence-electron chi connectivity index (χ1n) is 6.21. The summed E-state index contributed by atoms with van der Waals surface area (Å²) >= 11 is 1.47. The molecule has 0 radical (unpaired) electrons. The van der Waals surface area contributed by atoms with Crippen LogP contribution in [0, 0.1) is 6.92 Å². The van der Waals surface area contributed by atoms with Gasteiger partial charge in [-0.2, -0.15) is 0 Å². The normalized spacial score (nSPS) is 14.5. The van der Waals surface area contributed by atoms with E-state index in [1.807, 2.05) is 12.3 Å². The summed E-state index contributed by atoms with van der Waals surface area (Å²) in [5, 5.41) is 4.23. The lowest BCUT2D eigenvalue weighted by Gasteiger charge is -2.08. The molecule has 0 atom stereocenters. The van der Waals surface area contributed by atoms with Crippen LogP contribution in [0.5, 0.6) is 0 Å². The maximum atomic E-state index is 11.9. The van der Waals surface area contributed by atoms with Crippen molar-refractivity contribution in [3.63, 3.8) is 0 Å². The minimum absolute atomic E-state index is 0.200. The predicted molar refractivity (Wildman–Crippen MR) is 74.6 cm³/mol. The summed E-state index contributed by atoms with van der Waals surface area (Å²) in [6.07, 6.45) is 3.46. The second-order valence-corrected chi connectivity index (χ2v) is 5.86. The van der Waals surface area contributed by atoms with Crippen molar-refractivity contribution in [2.24, 2.45) is 0 Å². The Hall–Kier alpha value is -1.61. The largest absolute Gasteiger partial charge is 0.421 e. The maximum Gasteiger partial charge on any atom is 0.354 e. The summed E-state index contributed by atoms with van der Waals surface area (Å²) in [4.78, 5) is 11.9. The van der Waals surface area contributed by atoms with E-state index >= 15 is 0 Å². The van der Waals surface area contributed by atoms with Crippen LogP contribution in [0.4, 0.5) is 0 Å². The Morgan fingerprint density at radius 1 is 1.33 bits per heavy atom. The number of aryl methyl sites for hydroxylation is 3. The van der Waals surface area contributed by atoms with E-state index in [-0.39, 0.29) is 5.63 Å². The second-order valence-electron chi connectivity index (χ2n) is 4.94. The molecule has 0 aliphatic heterocycles. The molecule has 18 heavy (non-hydrogen) atoms. The minimum Gasteiger partial charge on any atom is -0.421 e. The van der Waals surface area contributed by atoms with Gasteiger partial charge in [0.1, 0.15) is 10.3 Å². The van der Waals surface area contributed by atoms with Crippen LogP contribution < -0.4 is 5.63 Å². The molecule has 2 aromatic heterocycles. The van der Waals surface area contributed by atoms with Gasteiger partial charge in [0, 0.05) is 10.8 Å². The monoisotopic (exact) mass is 256 g/mol. The second kappa shape index (κ2) is 3.45. The van der Waals surface area contributed by atoms with Crippen molar-refractivity contribution in [3.8, 4) is 0 Å². The van der Waals surface area contributed by atoms with Gasteiger partial charge in [-0.3, -0.25) is 0 Å². The first-order chi connectivity index (χ1) is 8.75. The van der Waals surface area contributed by atoms with Crippen LogP contribution in [-0.2, 0) is 12.8 Å². The van der Waals surface area contributed by atoms with Gasteiger partial charge < -0.3 is 4.42 Å². The van der Waals surface area contributed by atoms with Gasteiger partial charge in [0.2, 0.25) is 0 Å². The first-order valence-corrected chi connectivity index (χ1v) is 7.09. The highest BCUT2D eigenvalue weighted by Gasteiger charge is 2.20. The third-order valence-corrected chi connectivity index (χ3v) is 4.75. The van der Waals surface area contributed by atoms with Crippen LogP contribution in [0.25, 0.3) is 21.1 Å². The van der Waals surface area contributed by atoms with Crippen LogP contribution >= 0.6 is 11.3 Å². The van der Waals surface area contributed by atoms with E-state index in [2.05, 4.69) is 12.1 Å². The third kappa shape index (κ3) is 1.20. The quantitative estimate of drug-likeness (QED) is 0.573. The fourth-order valence-electron chi connectivity index (χ4n) is 3.09. The molecular formula is C15H12O2S. The molecule has 0 fully saturated rings. The van der Waals surface area contributed by atoms with Crippen molar-refractivity contribution in [1.29, 1.82) is 0 Å². The minimum atomic E-state index is -0.200. The van der Waals surface area contributed by atoms with Crippen LogP contribution in [0.3, 0.4) is 0 Å². The topological polar surface area (TPSA) is 30.2 Å². The fourth-order valence-corrected chi connectivity index (χ4v) is 3.87. The molecule has 1 aromatic carbocycles. The highest BCUT2D eigenvalue weighted by Crippen LogP contribution is 2.36. The molecular weight excluding hydrogens is 244 g/mol. The van der Waals surface area contributed by atoms with Crippen molar-refractivity contribution in [1.82, 2.24) is 0 Å². The van der Waals surface area contributed by atoms with E-state index in [4.69, 9.17) is 4.42 Å². The van der Waals surface area contributed by atoms with Gasteiger partial charge in [-0.05, 0) is 54.3 Å². The number of hydrogen-bond donors (Lipinski definition) is 0. The predicted octanol–water partition coefficient (Wildman–Crippen LogP) is 3.80. The lowest BCUT2D eigenvalue weighted by atomic mass is 9.99. The van der Waals surface area contributed by atoms with Gasteiger partial charge in [-0.1, -0.05) is 6.07 Å². The molecule has 0 unspecified atom stereocenters. The highest BCUT2D eigenvalue weighted by atomic mass is 32.1. The zero-order valence-corrected chi connectivity index (χ0v) is 10.9. The molecule has 0 N–H and O–H groups in total. The van der Waals surface area contributed by atoms with Crippen molar-refractivity contribution in [3.05, 3.63) is 44.6 Å². The van der Waals surface area contributed by atoms with Gasteiger partial charge in [-0.25, -0.2) is 4.79 Å². The smallest absolute Gasteiger partial charge is 0.354 e. The van der Waals surface area contributed by atoms with Crippen molar-refractivity contribution >= 4 is 32.4 Å². The van der Waals surface area contributed by atoms with E-state index in [1.165, 1.54) is 34.3 Å². The standard InChI is InChI=1S/C15H12O2S/c1-8-7-9-3-2-4-10(9)12-11-5-6-18-14(11)15(16)17-13(8)12/h5-7H,2-4H2,1H3. The molecule has 3 heteroatoms. The first kappa shape index (κ1) is 10.3. The van der Waals surface area contributed by atoms with Gasteiger partial charge in [0.15, 0.2) is 0 Å². The van der Waals surface area contributed by atoms with Crippen molar-refractivity contribution < 1.29 is 4.42 Å². The summed E-state index contributed by atoms with van der Waals surface area (Å²) in [5.74, 6) is 0. The summed E-state index contributed by atoms with van der Waals surface area (Å²) in [6, 6.07) is 4.24. The molecule has 0 bridgehead atoms. The van der Waals surface area contributed by atoms with Crippen LogP contribution in [-0.4, -0.2) is 0 Å². The molecule has 0 saturated heterocycles. The van der Waals surface area contributed by atoms with Gasteiger partial charge in [0.25, 0.3) is 0 Å². The van der Waals surface area contributed by atoms with Crippen molar-refractivity contribution in [2.75, 3.05) is 0 Å². The van der Waals surface area contributed by atoms with Crippen LogP contribution in [0.15, 0.2) is 26.7 Å². The van der Waals surface area contributed by atoms with E-state index in [9.17, 15) is 4.79 Å². The molecule has 0 amide bonds. The summed E-state index contributed by atoms with van der Waals surface area (Å²) in [7, 11) is 0. The average molecular weight is 256 g/mol. The Morgan fingerprint density at radius 2 is 2.22 bits per heavy atom. The molecule has 2 nitrogen and oxygen atoms in total.